The summed E-state index contributed by atoms with van der Waals surface area (Å²) in [4.78, 5) is 20.4. The fraction of sp³-hybridized carbons (Fsp3) is 0.357. The number of nitrogens with zero attached hydrogens (tertiary/aromatic N) is 2. The van der Waals surface area contributed by atoms with E-state index >= 15 is 0 Å². The number of aromatic nitrogens is 2. The minimum absolute atomic E-state index is 0.194. The molecule has 0 saturated carbocycles. The highest BCUT2D eigenvalue weighted by molar-refractivity contribution is 5.93. The summed E-state index contributed by atoms with van der Waals surface area (Å²) >= 11 is 0. The first-order valence-corrected chi connectivity index (χ1v) is 6.25. The predicted molar refractivity (Wildman–Crippen MR) is 76.2 cm³/mol. The highest BCUT2D eigenvalue weighted by Crippen LogP contribution is 2.24. The number of hydrogen-bond donors (Lipinski definition) is 1. The van der Waals surface area contributed by atoms with Crippen LogP contribution in [0.4, 0.5) is 5.82 Å². The normalized spacial score (nSPS) is 10.7. The third kappa shape index (κ3) is 2.79. The molecule has 1 heterocycles. The summed E-state index contributed by atoms with van der Waals surface area (Å²) in [6.45, 7) is 3.99. The first-order valence-electron chi connectivity index (χ1n) is 6.25. The van der Waals surface area contributed by atoms with Crippen LogP contribution in [0.5, 0.6) is 5.88 Å². The van der Waals surface area contributed by atoms with Crippen molar-refractivity contribution in [2.45, 2.75) is 19.9 Å². The fourth-order valence-corrected chi connectivity index (χ4v) is 1.79. The van der Waals surface area contributed by atoms with Crippen LogP contribution >= 0.6 is 0 Å². The van der Waals surface area contributed by atoms with Gasteiger partial charge < -0.3 is 14.8 Å². The molecule has 0 aliphatic rings. The maximum atomic E-state index is 11.5. The molecule has 2 rings (SSSR count). The van der Waals surface area contributed by atoms with E-state index in [-0.39, 0.29) is 6.04 Å². The highest BCUT2D eigenvalue weighted by Gasteiger charge is 2.12. The average molecular weight is 275 g/mol. The zero-order chi connectivity index (χ0) is 14.7. The molecule has 0 aliphatic carbocycles. The summed E-state index contributed by atoms with van der Waals surface area (Å²) in [5.74, 6) is 0.580. The lowest BCUT2D eigenvalue weighted by molar-refractivity contribution is 0.0601. The number of benzene rings is 1. The molecule has 0 spiro atoms. The Kier molecular flexibility index (Phi) is 4.02. The number of esters is 1. The monoisotopic (exact) mass is 275 g/mol. The first-order chi connectivity index (χ1) is 9.55. The predicted octanol–water partition coefficient (Wildman–Crippen LogP) is 2.25. The van der Waals surface area contributed by atoms with E-state index in [0.717, 1.165) is 0 Å². The zero-order valence-electron chi connectivity index (χ0n) is 11.9. The molecule has 0 aliphatic heterocycles. The Labute approximate surface area is 117 Å². The van der Waals surface area contributed by atoms with Crippen molar-refractivity contribution in [3.05, 3.63) is 23.8 Å². The van der Waals surface area contributed by atoms with Crippen molar-refractivity contribution >= 4 is 22.8 Å². The van der Waals surface area contributed by atoms with Gasteiger partial charge in [-0.2, -0.15) is 0 Å². The third-order valence-electron chi connectivity index (χ3n) is 2.67. The van der Waals surface area contributed by atoms with Crippen LogP contribution in [0.25, 0.3) is 11.0 Å². The molecule has 0 unspecified atom stereocenters. The van der Waals surface area contributed by atoms with E-state index in [9.17, 15) is 4.79 Å². The lowest BCUT2D eigenvalue weighted by atomic mass is 10.2. The third-order valence-corrected chi connectivity index (χ3v) is 2.67. The minimum Gasteiger partial charge on any atom is -0.478 e. The molecule has 1 aromatic carbocycles. The van der Waals surface area contributed by atoms with Crippen LogP contribution in [-0.4, -0.2) is 36.2 Å². The summed E-state index contributed by atoms with van der Waals surface area (Å²) in [5.41, 5.74) is 1.70. The van der Waals surface area contributed by atoms with E-state index in [1.807, 2.05) is 13.8 Å². The minimum atomic E-state index is -0.400. The van der Waals surface area contributed by atoms with Crippen LogP contribution in [-0.2, 0) is 4.74 Å². The van der Waals surface area contributed by atoms with Gasteiger partial charge in [0.1, 0.15) is 0 Å². The quantitative estimate of drug-likeness (QED) is 0.863. The van der Waals surface area contributed by atoms with Gasteiger partial charge in [-0.3, -0.25) is 0 Å². The second-order valence-electron chi connectivity index (χ2n) is 4.58. The number of fused-ring (bicyclic) bond motifs is 1. The fourth-order valence-electron chi connectivity index (χ4n) is 1.79. The van der Waals surface area contributed by atoms with Crippen LogP contribution in [0.2, 0.25) is 0 Å². The van der Waals surface area contributed by atoms with E-state index in [1.165, 1.54) is 7.11 Å². The van der Waals surface area contributed by atoms with Crippen molar-refractivity contribution in [2.75, 3.05) is 19.5 Å². The number of rotatable bonds is 4. The number of anilines is 1. The summed E-state index contributed by atoms with van der Waals surface area (Å²) in [6.07, 6.45) is 0. The van der Waals surface area contributed by atoms with Crippen LogP contribution in [0.3, 0.4) is 0 Å². The molecule has 0 fully saturated rings. The standard InChI is InChI=1S/C14H17N3O3/c1-8(2)15-12-13(19-3)17-10-6-5-9(14(18)20-4)7-11(10)16-12/h5-8H,1-4H3,(H,15,16). The molecule has 0 saturated heterocycles. The summed E-state index contributed by atoms with van der Waals surface area (Å²) in [7, 11) is 2.89. The van der Waals surface area contributed by atoms with Crippen LogP contribution in [0.15, 0.2) is 18.2 Å². The van der Waals surface area contributed by atoms with E-state index in [2.05, 4.69) is 15.3 Å². The van der Waals surface area contributed by atoms with Crippen molar-refractivity contribution in [2.24, 2.45) is 0 Å². The zero-order valence-corrected chi connectivity index (χ0v) is 11.9. The van der Waals surface area contributed by atoms with Crippen molar-refractivity contribution in [1.29, 1.82) is 0 Å². The molecule has 0 bridgehead atoms. The van der Waals surface area contributed by atoms with E-state index in [4.69, 9.17) is 9.47 Å². The molecule has 2 aromatic rings. The Bertz CT molecular complexity index is 641. The van der Waals surface area contributed by atoms with Gasteiger partial charge in [0.25, 0.3) is 5.88 Å². The van der Waals surface area contributed by atoms with Gasteiger partial charge in [-0.05, 0) is 32.0 Å². The summed E-state index contributed by atoms with van der Waals surface area (Å²) < 4.78 is 9.92. The summed E-state index contributed by atoms with van der Waals surface area (Å²) in [6, 6.07) is 5.21. The Balaban J connectivity index is 2.54. The topological polar surface area (TPSA) is 73.3 Å². The van der Waals surface area contributed by atoms with Gasteiger partial charge in [-0.1, -0.05) is 0 Å². The van der Waals surface area contributed by atoms with Gasteiger partial charge in [0, 0.05) is 6.04 Å². The van der Waals surface area contributed by atoms with Crippen LogP contribution in [0, 0.1) is 0 Å². The number of nitrogens with one attached hydrogen (secondary N) is 1. The van der Waals surface area contributed by atoms with Crippen molar-refractivity contribution in [1.82, 2.24) is 9.97 Å². The van der Waals surface area contributed by atoms with Crippen LogP contribution in [0.1, 0.15) is 24.2 Å². The van der Waals surface area contributed by atoms with Gasteiger partial charge in [0.2, 0.25) is 0 Å². The van der Waals surface area contributed by atoms with Gasteiger partial charge in [-0.25, -0.2) is 14.8 Å². The van der Waals surface area contributed by atoms with Gasteiger partial charge in [0.15, 0.2) is 5.82 Å². The molecule has 0 amide bonds. The Morgan fingerprint density at radius 3 is 2.55 bits per heavy atom. The molecular weight excluding hydrogens is 258 g/mol. The molecule has 106 valence electrons. The highest BCUT2D eigenvalue weighted by atomic mass is 16.5. The largest absolute Gasteiger partial charge is 0.478 e. The number of carbonyl (C=O) groups excluding carboxylic acids is 1. The molecule has 1 N–H and O–H groups in total. The second-order valence-corrected chi connectivity index (χ2v) is 4.58. The molecule has 1 aromatic heterocycles. The maximum absolute atomic E-state index is 11.5. The number of ether oxygens (including phenoxy) is 2. The lowest BCUT2D eigenvalue weighted by Crippen LogP contribution is -2.13. The number of methoxy groups -OCH3 is 2. The molecule has 6 nitrogen and oxygen atoms in total. The molecular formula is C14H17N3O3. The Morgan fingerprint density at radius 1 is 1.20 bits per heavy atom. The van der Waals surface area contributed by atoms with Crippen molar-refractivity contribution < 1.29 is 14.3 Å². The average Bonchev–Trinajstić information content (AvgIpc) is 2.44. The molecule has 6 heteroatoms. The van der Waals surface area contributed by atoms with E-state index < -0.39 is 5.97 Å². The smallest absolute Gasteiger partial charge is 0.337 e. The van der Waals surface area contributed by atoms with Gasteiger partial charge in [-0.15, -0.1) is 0 Å². The molecule has 0 radical (unpaired) electrons. The molecule has 0 atom stereocenters. The number of carbonyl (C=O) groups is 1. The Hall–Kier alpha value is -2.37. The van der Waals surface area contributed by atoms with Gasteiger partial charge in [0.05, 0.1) is 30.8 Å². The van der Waals surface area contributed by atoms with Crippen molar-refractivity contribution in [3.63, 3.8) is 0 Å². The Morgan fingerprint density at radius 2 is 1.95 bits per heavy atom. The van der Waals surface area contributed by atoms with E-state index in [1.54, 1.807) is 25.3 Å². The van der Waals surface area contributed by atoms with E-state index in [0.29, 0.717) is 28.3 Å². The molecule has 20 heavy (non-hydrogen) atoms. The maximum Gasteiger partial charge on any atom is 0.337 e. The van der Waals surface area contributed by atoms with Crippen LogP contribution < -0.4 is 10.1 Å². The lowest BCUT2D eigenvalue weighted by Gasteiger charge is -2.13. The summed E-state index contributed by atoms with van der Waals surface area (Å²) in [5, 5.41) is 3.16. The van der Waals surface area contributed by atoms with Gasteiger partial charge >= 0.3 is 5.97 Å². The SMILES string of the molecule is COC(=O)c1ccc2nc(OC)c(NC(C)C)nc2c1. The number of hydrogen-bond acceptors (Lipinski definition) is 6. The second kappa shape index (κ2) is 5.73. The van der Waals surface area contributed by atoms with Crippen molar-refractivity contribution in [3.8, 4) is 5.88 Å². The first kappa shape index (κ1) is 14.0.